The second kappa shape index (κ2) is 7.00. The summed E-state index contributed by atoms with van der Waals surface area (Å²) >= 11 is 0. The fourth-order valence-electron chi connectivity index (χ4n) is 2.35. The summed E-state index contributed by atoms with van der Waals surface area (Å²) in [4.78, 5) is 8.60. The Kier molecular flexibility index (Phi) is 5.96. The molecule has 3 atom stereocenters. The molecule has 4 heteroatoms. The number of nitrogens with zero attached hydrogens (tertiary/aromatic N) is 2. The number of ether oxygens (including phenoxy) is 2. The Balaban J connectivity index is 2.41. The first-order valence-corrected chi connectivity index (χ1v) is 6.80. The molecule has 1 rings (SSSR count). The quantitative estimate of drug-likeness (QED) is 0.493. The van der Waals surface area contributed by atoms with Crippen molar-refractivity contribution in [3.05, 3.63) is 0 Å². The van der Waals surface area contributed by atoms with E-state index in [0.29, 0.717) is 12.6 Å². The van der Waals surface area contributed by atoms with Crippen LogP contribution in [0.2, 0.25) is 0 Å². The zero-order valence-electron chi connectivity index (χ0n) is 12.3. The van der Waals surface area contributed by atoms with Gasteiger partial charge >= 0.3 is 0 Å². The van der Waals surface area contributed by atoms with Crippen molar-refractivity contribution in [2.75, 3.05) is 13.8 Å². The summed E-state index contributed by atoms with van der Waals surface area (Å²) in [7, 11) is 1.73. The molecule has 1 fully saturated rings. The maximum Gasteiger partial charge on any atom is 0.197 e. The third-order valence-electron chi connectivity index (χ3n) is 3.71. The van der Waals surface area contributed by atoms with Crippen molar-refractivity contribution in [2.24, 2.45) is 15.9 Å². The predicted molar refractivity (Wildman–Crippen MR) is 75.4 cm³/mol. The van der Waals surface area contributed by atoms with Crippen molar-refractivity contribution < 1.29 is 9.47 Å². The summed E-state index contributed by atoms with van der Waals surface area (Å²) in [6, 6.07) is 0. The lowest BCUT2D eigenvalue weighted by Crippen LogP contribution is -2.27. The zero-order valence-corrected chi connectivity index (χ0v) is 12.3. The first-order chi connectivity index (χ1) is 8.60. The minimum atomic E-state index is -0.347. The molecule has 0 radical (unpaired) electrons. The van der Waals surface area contributed by atoms with E-state index in [9.17, 15) is 0 Å². The Morgan fingerprint density at radius 3 is 2.67 bits per heavy atom. The third kappa shape index (κ3) is 3.62. The molecule has 18 heavy (non-hydrogen) atoms. The van der Waals surface area contributed by atoms with E-state index < -0.39 is 0 Å². The van der Waals surface area contributed by atoms with Crippen molar-refractivity contribution in [3.63, 3.8) is 0 Å². The van der Waals surface area contributed by atoms with E-state index in [1.807, 2.05) is 6.92 Å². The fraction of sp³-hybridized carbons (Fsp3) is 0.857. The molecule has 4 nitrogen and oxygen atoms in total. The van der Waals surface area contributed by atoms with Crippen LogP contribution >= 0.6 is 0 Å². The van der Waals surface area contributed by atoms with Crippen molar-refractivity contribution in [1.82, 2.24) is 0 Å². The second-order valence-electron chi connectivity index (χ2n) is 4.79. The molecule has 0 amide bonds. The number of hydrogen-bond donors (Lipinski definition) is 0. The Labute approximate surface area is 110 Å². The highest BCUT2D eigenvalue weighted by Gasteiger charge is 2.57. The van der Waals surface area contributed by atoms with E-state index in [2.05, 4.69) is 30.8 Å². The van der Waals surface area contributed by atoms with Crippen LogP contribution in [0.5, 0.6) is 0 Å². The monoisotopic (exact) mass is 254 g/mol. The zero-order chi connectivity index (χ0) is 13.6. The minimum Gasteiger partial charge on any atom is -0.351 e. The van der Waals surface area contributed by atoms with E-state index in [1.54, 1.807) is 13.3 Å². The van der Waals surface area contributed by atoms with Crippen LogP contribution in [0.3, 0.4) is 0 Å². The number of hydrogen-bond acceptors (Lipinski definition) is 4. The highest BCUT2D eigenvalue weighted by Crippen LogP contribution is 2.45. The minimum absolute atomic E-state index is 0.212. The number of epoxide rings is 1. The van der Waals surface area contributed by atoms with Gasteiger partial charge in [-0.25, -0.2) is 0 Å². The molecule has 1 saturated heterocycles. The average molecular weight is 254 g/mol. The molecule has 1 heterocycles. The average Bonchev–Trinajstić information content (AvgIpc) is 3.05. The van der Waals surface area contributed by atoms with Crippen molar-refractivity contribution in [1.29, 1.82) is 0 Å². The maximum atomic E-state index is 5.59. The number of rotatable bonds is 8. The van der Waals surface area contributed by atoms with Gasteiger partial charge in [-0.3, -0.25) is 9.98 Å². The van der Waals surface area contributed by atoms with Gasteiger partial charge in [0.25, 0.3) is 0 Å². The van der Waals surface area contributed by atoms with Crippen molar-refractivity contribution in [2.45, 2.75) is 58.8 Å². The third-order valence-corrected chi connectivity index (χ3v) is 3.71. The van der Waals surface area contributed by atoms with E-state index in [-0.39, 0.29) is 11.9 Å². The molecule has 0 bridgehead atoms. The maximum absolute atomic E-state index is 5.59. The molecule has 1 aliphatic heterocycles. The van der Waals surface area contributed by atoms with Crippen molar-refractivity contribution in [3.8, 4) is 0 Å². The van der Waals surface area contributed by atoms with E-state index in [4.69, 9.17) is 9.47 Å². The van der Waals surface area contributed by atoms with Gasteiger partial charge in [-0.05, 0) is 39.3 Å². The van der Waals surface area contributed by atoms with Gasteiger partial charge in [-0.2, -0.15) is 0 Å². The number of methoxy groups -OCH3 is 1. The number of aliphatic imine (C=N–C) groups is 2. The first-order valence-electron chi connectivity index (χ1n) is 6.80. The Hall–Kier alpha value is -0.740. The van der Waals surface area contributed by atoms with E-state index in [0.717, 1.165) is 19.3 Å². The van der Waals surface area contributed by atoms with Crippen LogP contribution in [0.1, 0.15) is 47.0 Å². The van der Waals surface area contributed by atoms with Gasteiger partial charge < -0.3 is 9.47 Å². The van der Waals surface area contributed by atoms with Crippen LogP contribution in [-0.2, 0) is 9.47 Å². The Bertz CT molecular complexity index is 311. The van der Waals surface area contributed by atoms with Gasteiger partial charge in [-0.1, -0.05) is 13.8 Å². The van der Waals surface area contributed by atoms with Crippen molar-refractivity contribution >= 4 is 11.9 Å². The standard InChI is InChI=1S/C14H26N2O2/c1-6-13(16-10-15-7-2)9-8-11(3)14(17-5)12(4)18-14/h7,11-12H,6,8-10H2,1-5H3. The molecule has 0 aromatic heterocycles. The summed E-state index contributed by atoms with van der Waals surface area (Å²) in [5.41, 5.74) is 1.23. The topological polar surface area (TPSA) is 46.5 Å². The highest BCUT2D eigenvalue weighted by molar-refractivity contribution is 5.84. The molecule has 104 valence electrons. The molecular weight excluding hydrogens is 228 g/mol. The lowest BCUT2D eigenvalue weighted by molar-refractivity contribution is -0.0519. The molecule has 3 unspecified atom stereocenters. The Morgan fingerprint density at radius 2 is 2.22 bits per heavy atom. The molecule has 0 aliphatic carbocycles. The van der Waals surface area contributed by atoms with Crippen LogP contribution in [0, 0.1) is 5.92 Å². The van der Waals surface area contributed by atoms with Gasteiger partial charge in [0.15, 0.2) is 5.79 Å². The molecular formula is C14H26N2O2. The van der Waals surface area contributed by atoms with Gasteiger partial charge in [0, 0.05) is 18.7 Å². The second-order valence-corrected chi connectivity index (χ2v) is 4.79. The molecule has 0 aromatic carbocycles. The van der Waals surface area contributed by atoms with Gasteiger partial charge in [0.1, 0.15) is 12.8 Å². The van der Waals surface area contributed by atoms with Crippen LogP contribution in [0.25, 0.3) is 0 Å². The van der Waals surface area contributed by atoms with Gasteiger partial charge in [0.2, 0.25) is 0 Å². The first kappa shape index (κ1) is 15.3. The smallest absolute Gasteiger partial charge is 0.197 e. The molecule has 0 aromatic rings. The lowest BCUT2D eigenvalue weighted by atomic mass is 9.94. The summed E-state index contributed by atoms with van der Waals surface area (Å²) in [6.07, 6.45) is 5.03. The molecule has 0 spiro atoms. The summed E-state index contributed by atoms with van der Waals surface area (Å²) in [6.45, 7) is 8.85. The molecule has 0 N–H and O–H groups in total. The Morgan fingerprint density at radius 1 is 1.56 bits per heavy atom. The highest BCUT2D eigenvalue weighted by atomic mass is 16.8. The summed E-state index contributed by atoms with van der Waals surface area (Å²) in [5, 5.41) is 0. The molecule has 1 aliphatic rings. The summed E-state index contributed by atoms with van der Waals surface area (Å²) in [5.74, 6) is 0.0457. The van der Waals surface area contributed by atoms with Crippen LogP contribution in [-0.4, -0.2) is 37.6 Å². The van der Waals surface area contributed by atoms with Crippen LogP contribution in [0.15, 0.2) is 9.98 Å². The summed E-state index contributed by atoms with van der Waals surface area (Å²) < 4.78 is 11.1. The normalized spacial score (nSPS) is 29.8. The largest absolute Gasteiger partial charge is 0.351 e. The SMILES string of the molecule is CC=NCN=C(CC)CCC(C)C1(OC)OC1C. The van der Waals surface area contributed by atoms with E-state index in [1.165, 1.54) is 5.71 Å². The fourth-order valence-corrected chi connectivity index (χ4v) is 2.35. The van der Waals surface area contributed by atoms with Crippen LogP contribution in [0.4, 0.5) is 0 Å². The van der Waals surface area contributed by atoms with Crippen LogP contribution < -0.4 is 0 Å². The lowest BCUT2D eigenvalue weighted by Gasteiger charge is -2.19. The van der Waals surface area contributed by atoms with Gasteiger partial charge in [-0.15, -0.1) is 0 Å². The van der Waals surface area contributed by atoms with E-state index >= 15 is 0 Å². The molecule has 0 saturated carbocycles. The van der Waals surface area contributed by atoms with Gasteiger partial charge in [0.05, 0.1) is 0 Å². The predicted octanol–water partition coefficient (Wildman–Crippen LogP) is 3.06.